The Balaban J connectivity index is 1.63. The first-order valence-corrected chi connectivity index (χ1v) is 6.79. The van der Waals surface area contributed by atoms with E-state index in [-0.39, 0.29) is 0 Å². The number of hydrogen-bond acceptors (Lipinski definition) is 3. The van der Waals surface area contributed by atoms with Gasteiger partial charge in [0.05, 0.1) is 6.61 Å². The molecule has 0 bridgehead atoms. The molecular weight excluding hydrogens is 200 g/mol. The van der Waals surface area contributed by atoms with E-state index in [1.165, 1.54) is 38.6 Å². The first kappa shape index (κ1) is 12.3. The molecule has 2 aliphatic rings. The van der Waals surface area contributed by atoms with Crippen molar-refractivity contribution in [3.05, 3.63) is 0 Å². The third kappa shape index (κ3) is 4.04. The molecule has 0 aromatic carbocycles. The summed E-state index contributed by atoms with van der Waals surface area (Å²) in [6.45, 7) is 5.52. The van der Waals surface area contributed by atoms with Crippen molar-refractivity contribution in [3.8, 4) is 0 Å². The van der Waals surface area contributed by atoms with Crippen molar-refractivity contribution in [2.24, 2.45) is 0 Å². The van der Waals surface area contributed by atoms with Crippen LogP contribution in [0.5, 0.6) is 0 Å². The first-order valence-electron chi connectivity index (χ1n) is 6.79. The zero-order valence-corrected chi connectivity index (χ0v) is 10.7. The van der Waals surface area contributed by atoms with Gasteiger partial charge in [0.2, 0.25) is 0 Å². The van der Waals surface area contributed by atoms with Gasteiger partial charge in [-0.15, -0.1) is 0 Å². The lowest BCUT2D eigenvalue weighted by molar-refractivity contribution is 0.115. The molecule has 2 saturated carbocycles. The van der Waals surface area contributed by atoms with Crippen LogP contribution in [-0.4, -0.2) is 49.8 Å². The number of rotatable bonds is 9. The maximum atomic E-state index is 5.20. The molecule has 2 aliphatic carbocycles. The zero-order valence-electron chi connectivity index (χ0n) is 10.7. The van der Waals surface area contributed by atoms with Crippen LogP contribution in [0, 0.1) is 0 Å². The second kappa shape index (κ2) is 5.99. The van der Waals surface area contributed by atoms with E-state index in [4.69, 9.17) is 4.74 Å². The second-order valence-electron chi connectivity index (χ2n) is 5.33. The molecule has 2 rings (SSSR count). The molecule has 3 heteroatoms. The summed E-state index contributed by atoms with van der Waals surface area (Å²) in [6.07, 6.45) is 6.85. The monoisotopic (exact) mass is 226 g/mol. The highest BCUT2D eigenvalue weighted by Gasteiger charge is 2.31. The summed E-state index contributed by atoms with van der Waals surface area (Å²) >= 11 is 0. The minimum atomic E-state index is 0.703. The highest BCUT2D eigenvalue weighted by molar-refractivity contribution is 4.88. The van der Waals surface area contributed by atoms with Crippen molar-refractivity contribution >= 4 is 0 Å². The Kier molecular flexibility index (Phi) is 4.62. The minimum absolute atomic E-state index is 0.703. The summed E-state index contributed by atoms with van der Waals surface area (Å²) in [6, 6.07) is 2.40. The van der Waals surface area contributed by atoms with Crippen molar-refractivity contribution in [2.75, 3.05) is 26.8 Å². The molecule has 2 fully saturated rings. The Labute approximate surface area is 99.5 Å². The average Bonchev–Trinajstić information content (AvgIpc) is 3.13. The molecule has 0 saturated heterocycles. The summed E-state index contributed by atoms with van der Waals surface area (Å²) in [4.78, 5) is 2.64. The molecule has 1 unspecified atom stereocenters. The fraction of sp³-hybridized carbons (Fsp3) is 1.00. The van der Waals surface area contributed by atoms with Gasteiger partial charge in [-0.05, 0) is 45.6 Å². The summed E-state index contributed by atoms with van der Waals surface area (Å²) in [5, 5.41) is 3.60. The molecule has 0 aliphatic heterocycles. The predicted molar refractivity (Wildman–Crippen MR) is 66.7 cm³/mol. The van der Waals surface area contributed by atoms with E-state index in [1.54, 1.807) is 7.11 Å². The van der Waals surface area contributed by atoms with Gasteiger partial charge in [0, 0.05) is 31.8 Å². The second-order valence-corrected chi connectivity index (χ2v) is 5.33. The number of nitrogens with one attached hydrogen (secondary N) is 1. The van der Waals surface area contributed by atoms with Crippen LogP contribution >= 0.6 is 0 Å². The van der Waals surface area contributed by atoms with E-state index < -0.39 is 0 Å². The molecule has 0 aromatic heterocycles. The molecule has 0 aromatic rings. The quantitative estimate of drug-likeness (QED) is 0.647. The van der Waals surface area contributed by atoms with Gasteiger partial charge in [0.1, 0.15) is 0 Å². The van der Waals surface area contributed by atoms with Crippen LogP contribution in [0.1, 0.15) is 39.0 Å². The van der Waals surface area contributed by atoms with Crippen LogP contribution < -0.4 is 5.32 Å². The fourth-order valence-corrected chi connectivity index (χ4v) is 2.32. The summed E-state index contributed by atoms with van der Waals surface area (Å²) in [5.41, 5.74) is 0. The van der Waals surface area contributed by atoms with Gasteiger partial charge < -0.3 is 10.1 Å². The van der Waals surface area contributed by atoms with Crippen molar-refractivity contribution in [3.63, 3.8) is 0 Å². The summed E-state index contributed by atoms with van der Waals surface area (Å²) in [7, 11) is 1.80. The van der Waals surface area contributed by atoms with Crippen LogP contribution in [0.2, 0.25) is 0 Å². The molecule has 0 spiro atoms. The van der Waals surface area contributed by atoms with Gasteiger partial charge in [-0.25, -0.2) is 0 Å². The number of methoxy groups -OCH3 is 1. The van der Waals surface area contributed by atoms with Crippen molar-refractivity contribution in [2.45, 2.75) is 57.2 Å². The molecule has 3 nitrogen and oxygen atoms in total. The van der Waals surface area contributed by atoms with Crippen LogP contribution in [0.3, 0.4) is 0 Å². The highest BCUT2D eigenvalue weighted by atomic mass is 16.5. The van der Waals surface area contributed by atoms with Crippen LogP contribution in [0.25, 0.3) is 0 Å². The maximum absolute atomic E-state index is 5.20. The Morgan fingerprint density at radius 2 is 2.06 bits per heavy atom. The highest BCUT2D eigenvalue weighted by Crippen LogP contribution is 2.29. The van der Waals surface area contributed by atoms with E-state index in [1.807, 2.05) is 0 Å². The molecule has 94 valence electrons. The fourth-order valence-electron chi connectivity index (χ4n) is 2.32. The molecule has 0 amide bonds. The number of nitrogens with zero attached hydrogens (tertiary/aromatic N) is 1. The van der Waals surface area contributed by atoms with Gasteiger partial charge in [-0.1, -0.05) is 0 Å². The summed E-state index contributed by atoms with van der Waals surface area (Å²) in [5.74, 6) is 0. The molecular formula is C13H26N2O. The van der Waals surface area contributed by atoms with Crippen molar-refractivity contribution < 1.29 is 4.74 Å². The van der Waals surface area contributed by atoms with Crippen LogP contribution in [0.4, 0.5) is 0 Å². The Morgan fingerprint density at radius 1 is 1.31 bits per heavy atom. The zero-order chi connectivity index (χ0) is 11.4. The predicted octanol–water partition coefficient (Wildman–Crippen LogP) is 1.63. The van der Waals surface area contributed by atoms with Crippen molar-refractivity contribution in [1.29, 1.82) is 0 Å². The van der Waals surface area contributed by atoms with E-state index in [0.717, 1.165) is 25.2 Å². The SMILES string of the molecule is COCCN(C(C)CCNC1CC1)C1CC1. The van der Waals surface area contributed by atoms with Gasteiger partial charge in [-0.3, -0.25) is 4.90 Å². The lowest BCUT2D eigenvalue weighted by atomic mass is 10.2. The number of hydrogen-bond donors (Lipinski definition) is 1. The Hall–Kier alpha value is -0.120. The third-order valence-electron chi connectivity index (χ3n) is 3.71. The van der Waals surface area contributed by atoms with Gasteiger partial charge in [0.25, 0.3) is 0 Å². The van der Waals surface area contributed by atoms with Crippen LogP contribution in [-0.2, 0) is 4.74 Å². The van der Waals surface area contributed by atoms with E-state index in [2.05, 4.69) is 17.1 Å². The topological polar surface area (TPSA) is 24.5 Å². The molecule has 0 radical (unpaired) electrons. The molecule has 1 atom stereocenters. The minimum Gasteiger partial charge on any atom is -0.383 e. The lowest BCUT2D eigenvalue weighted by Crippen LogP contribution is -2.39. The molecule has 16 heavy (non-hydrogen) atoms. The molecule has 0 heterocycles. The largest absolute Gasteiger partial charge is 0.383 e. The smallest absolute Gasteiger partial charge is 0.0589 e. The Morgan fingerprint density at radius 3 is 2.62 bits per heavy atom. The van der Waals surface area contributed by atoms with Gasteiger partial charge in [0.15, 0.2) is 0 Å². The maximum Gasteiger partial charge on any atom is 0.0589 e. The first-order chi connectivity index (χ1) is 7.81. The Bertz CT molecular complexity index is 202. The normalized spacial score (nSPS) is 22.7. The average molecular weight is 226 g/mol. The molecule has 1 N–H and O–H groups in total. The van der Waals surface area contributed by atoms with Gasteiger partial charge in [-0.2, -0.15) is 0 Å². The standard InChI is InChI=1S/C13H26N2O/c1-11(7-8-14-12-3-4-12)15(9-10-16-2)13-5-6-13/h11-14H,3-10H2,1-2H3. The van der Waals surface area contributed by atoms with E-state index in [9.17, 15) is 0 Å². The lowest BCUT2D eigenvalue weighted by Gasteiger charge is -2.29. The third-order valence-corrected chi connectivity index (χ3v) is 3.71. The van der Waals surface area contributed by atoms with E-state index in [0.29, 0.717) is 6.04 Å². The van der Waals surface area contributed by atoms with Crippen LogP contribution in [0.15, 0.2) is 0 Å². The van der Waals surface area contributed by atoms with E-state index >= 15 is 0 Å². The number of ether oxygens (including phenoxy) is 1. The summed E-state index contributed by atoms with van der Waals surface area (Å²) < 4.78 is 5.20. The van der Waals surface area contributed by atoms with Crippen molar-refractivity contribution in [1.82, 2.24) is 10.2 Å². The van der Waals surface area contributed by atoms with Gasteiger partial charge >= 0.3 is 0 Å².